The van der Waals surface area contributed by atoms with Gasteiger partial charge in [-0.15, -0.1) is 0 Å². The SMILES string of the molecule is O=C(C1CC1)N1CCC(N[C@H]2COC[C@H]2Cc2ccncc2)CC1. The number of hydrogen-bond donors (Lipinski definition) is 1. The molecule has 130 valence electrons. The molecule has 1 N–H and O–H groups in total. The molecular formula is C19H27N3O2. The van der Waals surface area contributed by atoms with E-state index in [2.05, 4.69) is 27.3 Å². The summed E-state index contributed by atoms with van der Waals surface area (Å²) in [6.07, 6.45) is 9.10. The number of amides is 1. The van der Waals surface area contributed by atoms with Crippen molar-refractivity contribution in [3.63, 3.8) is 0 Å². The molecule has 24 heavy (non-hydrogen) atoms. The standard InChI is InChI=1S/C19H27N3O2/c23-19(15-1-2-15)22-9-5-17(6-10-22)21-18-13-24-12-16(18)11-14-3-7-20-8-4-14/h3-4,7-8,15-18,21H,1-2,5-6,9-13H2/t16-,18+/m1/s1. The van der Waals surface area contributed by atoms with Gasteiger partial charge in [-0.2, -0.15) is 0 Å². The van der Waals surface area contributed by atoms with Crippen LogP contribution in [0.1, 0.15) is 31.2 Å². The van der Waals surface area contributed by atoms with E-state index in [1.807, 2.05) is 12.4 Å². The average molecular weight is 329 g/mol. The molecule has 1 aromatic rings. The largest absolute Gasteiger partial charge is 0.379 e. The van der Waals surface area contributed by atoms with Gasteiger partial charge in [0.05, 0.1) is 13.2 Å². The van der Waals surface area contributed by atoms with E-state index < -0.39 is 0 Å². The van der Waals surface area contributed by atoms with Gasteiger partial charge in [0.2, 0.25) is 5.91 Å². The molecule has 2 atom stereocenters. The molecule has 0 spiro atoms. The summed E-state index contributed by atoms with van der Waals surface area (Å²) in [5, 5.41) is 3.81. The first-order valence-corrected chi connectivity index (χ1v) is 9.31. The Balaban J connectivity index is 1.26. The maximum Gasteiger partial charge on any atom is 0.225 e. The lowest BCUT2D eigenvalue weighted by Crippen LogP contribution is -2.50. The highest BCUT2D eigenvalue weighted by molar-refractivity contribution is 5.81. The van der Waals surface area contributed by atoms with Crippen LogP contribution >= 0.6 is 0 Å². The van der Waals surface area contributed by atoms with E-state index in [0.717, 1.165) is 58.4 Å². The third-order valence-corrected chi connectivity index (χ3v) is 5.63. The number of pyridine rings is 1. The Kier molecular flexibility index (Phi) is 4.81. The third-order valence-electron chi connectivity index (χ3n) is 5.63. The summed E-state index contributed by atoms with van der Waals surface area (Å²) >= 11 is 0. The fourth-order valence-electron chi connectivity index (χ4n) is 3.96. The van der Waals surface area contributed by atoms with Gasteiger partial charge in [0.1, 0.15) is 0 Å². The van der Waals surface area contributed by atoms with Crippen molar-refractivity contribution in [1.82, 2.24) is 15.2 Å². The lowest BCUT2D eigenvalue weighted by Gasteiger charge is -2.35. The first-order chi connectivity index (χ1) is 11.8. The summed E-state index contributed by atoms with van der Waals surface area (Å²) in [5.41, 5.74) is 1.33. The molecule has 2 saturated heterocycles. The number of nitrogens with one attached hydrogen (secondary N) is 1. The highest BCUT2D eigenvalue weighted by Crippen LogP contribution is 2.32. The Morgan fingerprint density at radius 2 is 1.92 bits per heavy atom. The zero-order chi connectivity index (χ0) is 16.4. The Bertz CT molecular complexity index is 553. The minimum absolute atomic E-state index is 0.350. The van der Waals surface area contributed by atoms with Crippen molar-refractivity contribution in [2.24, 2.45) is 11.8 Å². The van der Waals surface area contributed by atoms with E-state index in [1.165, 1.54) is 5.56 Å². The van der Waals surface area contributed by atoms with Gasteiger partial charge in [0, 0.05) is 49.4 Å². The second kappa shape index (κ2) is 7.19. The lowest BCUT2D eigenvalue weighted by molar-refractivity contribution is -0.133. The summed E-state index contributed by atoms with van der Waals surface area (Å²) in [7, 11) is 0. The van der Waals surface area contributed by atoms with Crippen molar-refractivity contribution in [1.29, 1.82) is 0 Å². The molecule has 1 aliphatic carbocycles. The highest BCUT2D eigenvalue weighted by Gasteiger charge is 2.36. The van der Waals surface area contributed by atoms with E-state index in [1.54, 1.807) is 0 Å². The van der Waals surface area contributed by atoms with Gasteiger partial charge in [-0.25, -0.2) is 0 Å². The van der Waals surface area contributed by atoms with Crippen LogP contribution in [0.3, 0.4) is 0 Å². The predicted octanol–water partition coefficient (Wildman–Crippen LogP) is 1.63. The Labute approximate surface area is 143 Å². The number of hydrogen-bond acceptors (Lipinski definition) is 4. The minimum atomic E-state index is 0.350. The maximum atomic E-state index is 12.1. The molecule has 0 radical (unpaired) electrons. The third kappa shape index (κ3) is 3.78. The minimum Gasteiger partial charge on any atom is -0.379 e. The Morgan fingerprint density at radius 3 is 2.62 bits per heavy atom. The van der Waals surface area contributed by atoms with Crippen molar-refractivity contribution >= 4 is 5.91 Å². The van der Waals surface area contributed by atoms with E-state index in [4.69, 9.17) is 4.74 Å². The van der Waals surface area contributed by atoms with Gasteiger partial charge in [-0.05, 0) is 49.8 Å². The van der Waals surface area contributed by atoms with Gasteiger partial charge < -0.3 is 15.0 Å². The Hall–Kier alpha value is -1.46. The molecule has 0 unspecified atom stereocenters. The van der Waals surface area contributed by atoms with Crippen molar-refractivity contribution in [3.8, 4) is 0 Å². The van der Waals surface area contributed by atoms with Crippen LogP contribution in [0.2, 0.25) is 0 Å². The molecule has 3 heterocycles. The zero-order valence-corrected chi connectivity index (χ0v) is 14.2. The number of carbonyl (C=O) groups excluding carboxylic acids is 1. The van der Waals surface area contributed by atoms with Crippen LogP contribution in [0, 0.1) is 11.8 Å². The second-order valence-electron chi connectivity index (χ2n) is 7.50. The maximum absolute atomic E-state index is 12.1. The van der Waals surface area contributed by atoms with E-state index in [-0.39, 0.29) is 0 Å². The van der Waals surface area contributed by atoms with Crippen molar-refractivity contribution in [2.45, 2.75) is 44.2 Å². The molecule has 1 aromatic heterocycles. The van der Waals surface area contributed by atoms with Crippen LogP contribution < -0.4 is 5.32 Å². The number of nitrogens with zero attached hydrogens (tertiary/aromatic N) is 2. The number of piperidine rings is 1. The molecule has 4 rings (SSSR count). The fraction of sp³-hybridized carbons (Fsp3) is 0.684. The van der Waals surface area contributed by atoms with Crippen LogP contribution in [0.4, 0.5) is 0 Å². The van der Waals surface area contributed by atoms with E-state index >= 15 is 0 Å². The quantitative estimate of drug-likeness (QED) is 0.892. The molecule has 3 aliphatic rings. The van der Waals surface area contributed by atoms with Crippen molar-refractivity contribution < 1.29 is 9.53 Å². The van der Waals surface area contributed by atoms with E-state index in [0.29, 0.717) is 29.8 Å². The van der Waals surface area contributed by atoms with Crippen molar-refractivity contribution in [2.75, 3.05) is 26.3 Å². The highest BCUT2D eigenvalue weighted by atomic mass is 16.5. The number of aromatic nitrogens is 1. The fourth-order valence-corrected chi connectivity index (χ4v) is 3.96. The molecule has 1 saturated carbocycles. The summed E-state index contributed by atoms with van der Waals surface area (Å²) in [5.74, 6) is 1.27. The first kappa shape index (κ1) is 16.0. The molecule has 5 nitrogen and oxygen atoms in total. The molecular weight excluding hydrogens is 302 g/mol. The number of likely N-dealkylation sites (tertiary alicyclic amines) is 1. The van der Waals surface area contributed by atoms with Gasteiger partial charge in [-0.1, -0.05) is 0 Å². The number of carbonyl (C=O) groups is 1. The molecule has 2 aliphatic heterocycles. The van der Waals surface area contributed by atoms with Crippen LogP contribution in [-0.2, 0) is 16.0 Å². The van der Waals surface area contributed by atoms with Gasteiger partial charge in [-0.3, -0.25) is 9.78 Å². The lowest BCUT2D eigenvalue weighted by atomic mass is 9.93. The monoisotopic (exact) mass is 329 g/mol. The van der Waals surface area contributed by atoms with Gasteiger partial charge in [0.25, 0.3) is 0 Å². The predicted molar refractivity (Wildman–Crippen MR) is 91.5 cm³/mol. The molecule has 1 amide bonds. The topological polar surface area (TPSA) is 54.5 Å². The first-order valence-electron chi connectivity index (χ1n) is 9.31. The van der Waals surface area contributed by atoms with Crippen LogP contribution in [0.5, 0.6) is 0 Å². The summed E-state index contributed by atoms with van der Waals surface area (Å²) < 4.78 is 5.74. The molecule has 0 aromatic carbocycles. The molecule has 0 bridgehead atoms. The summed E-state index contributed by atoms with van der Waals surface area (Å²) in [4.78, 5) is 18.3. The van der Waals surface area contributed by atoms with Gasteiger partial charge >= 0.3 is 0 Å². The van der Waals surface area contributed by atoms with Gasteiger partial charge in [0.15, 0.2) is 0 Å². The smallest absolute Gasteiger partial charge is 0.225 e. The summed E-state index contributed by atoms with van der Waals surface area (Å²) in [6.45, 7) is 3.46. The Morgan fingerprint density at radius 1 is 1.17 bits per heavy atom. The van der Waals surface area contributed by atoms with Crippen LogP contribution in [-0.4, -0.2) is 54.2 Å². The molecule has 5 heteroatoms. The second-order valence-corrected chi connectivity index (χ2v) is 7.50. The number of ether oxygens (including phenoxy) is 1. The average Bonchev–Trinajstić information content (AvgIpc) is 3.39. The van der Waals surface area contributed by atoms with Crippen LogP contribution in [0.15, 0.2) is 24.5 Å². The summed E-state index contributed by atoms with van der Waals surface area (Å²) in [6, 6.07) is 5.13. The zero-order valence-electron chi connectivity index (χ0n) is 14.2. The van der Waals surface area contributed by atoms with Crippen molar-refractivity contribution in [3.05, 3.63) is 30.1 Å². The molecule has 3 fully saturated rings. The van der Waals surface area contributed by atoms with E-state index in [9.17, 15) is 4.79 Å². The normalized spacial score (nSPS) is 28.2. The van der Waals surface area contributed by atoms with Crippen LogP contribution in [0.25, 0.3) is 0 Å². The number of rotatable bonds is 5.